The van der Waals surface area contributed by atoms with Gasteiger partial charge in [0, 0.05) is 24.3 Å². The van der Waals surface area contributed by atoms with Crippen LogP contribution in [0, 0.1) is 24.7 Å². The summed E-state index contributed by atoms with van der Waals surface area (Å²) in [5.74, 6) is 5.85. The molecule has 4 heteroatoms. The average molecular weight is 287 g/mol. The SMILES string of the molecule is Cc1cc(NC(=O)C2CCOC2C)ccc1C#CCCO. The van der Waals surface area contributed by atoms with Crippen LogP contribution in [0.2, 0.25) is 0 Å². The summed E-state index contributed by atoms with van der Waals surface area (Å²) in [6.07, 6.45) is 1.23. The fraction of sp³-hybridized carbons (Fsp3) is 0.471. The first kappa shape index (κ1) is 15.6. The molecule has 2 atom stereocenters. The highest BCUT2D eigenvalue weighted by molar-refractivity contribution is 5.93. The largest absolute Gasteiger partial charge is 0.395 e. The van der Waals surface area contributed by atoms with Crippen LogP contribution in [0.1, 0.15) is 30.9 Å². The highest BCUT2D eigenvalue weighted by atomic mass is 16.5. The second kappa shape index (κ2) is 7.26. The van der Waals surface area contributed by atoms with E-state index in [0.717, 1.165) is 23.2 Å². The maximum Gasteiger partial charge on any atom is 0.230 e. The summed E-state index contributed by atoms with van der Waals surface area (Å²) in [6.45, 7) is 4.61. The standard InChI is InChI=1S/C17H21NO3/c1-12-11-15(7-6-14(12)5-3-4-9-19)18-17(20)16-8-10-21-13(16)2/h6-7,11,13,16,19H,4,8-10H2,1-2H3,(H,18,20). The van der Waals surface area contributed by atoms with Gasteiger partial charge in [-0.1, -0.05) is 11.8 Å². The van der Waals surface area contributed by atoms with Crippen molar-refractivity contribution in [3.8, 4) is 11.8 Å². The Hall–Kier alpha value is -1.83. The van der Waals surface area contributed by atoms with Gasteiger partial charge in [0.2, 0.25) is 5.91 Å². The Bertz CT molecular complexity index is 571. The minimum Gasteiger partial charge on any atom is -0.395 e. The van der Waals surface area contributed by atoms with Crippen molar-refractivity contribution in [1.82, 2.24) is 0 Å². The summed E-state index contributed by atoms with van der Waals surface area (Å²) >= 11 is 0. The first-order valence-corrected chi connectivity index (χ1v) is 7.24. The lowest BCUT2D eigenvalue weighted by molar-refractivity contribution is -0.121. The second-order valence-corrected chi connectivity index (χ2v) is 5.27. The van der Waals surface area contributed by atoms with E-state index in [9.17, 15) is 4.79 Å². The normalized spacial score (nSPS) is 20.7. The quantitative estimate of drug-likeness (QED) is 0.837. The predicted molar refractivity (Wildman–Crippen MR) is 81.9 cm³/mol. The summed E-state index contributed by atoms with van der Waals surface area (Å²) in [5, 5.41) is 11.7. The van der Waals surface area contributed by atoms with Gasteiger partial charge in [0.25, 0.3) is 0 Å². The molecule has 4 nitrogen and oxygen atoms in total. The maximum absolute atomic E-state index is 12.2. The zero-order chi connectivity index (χ0) is 15.2. The van der Waals surface area contributed by atoms with Crippen LogP contribution in [0.5, 0.6) is 0 Å². The predicted octanol–water partition coefficient (Wildman–Crippen LogP) is 2.09. The first-order valence-electron chi connectivity index (χ1n) is 7.24. The fourth-order valence-electron chi connectivity index (χ4n) is 2.41. The van der Waals surface area contributed by atoms with Crippen LogP contribution in [0.3, 0.4) is 0 Å². The molecular weight excluding hydrogens is 266 g/mol. The third-order valence-corrected chi connectivity index (χ3v) is 3.67. The number of aliphatic hydroxyl groups excluding tert-OH is 1. The number of ether oxygens (including phenoxy) is 1. The first-order chi connectivity index (χ1) is 10.1. The third-order valence-electron chi connectivity index (χ3n) is 3.67. The molecule has 0 aromatic heterocycles. The molecule has 112 valence electrons. The lowest BCUT2D eigenvalue weighted by Crippen LogP contribution is -2.27. The Morgan fingerprint density at radius 1 is 1.52 bits per heavy atom. The van der Waals surface area contributed by atoms with Gasteiger partial charge in [-0.3, -0.25) is 4.79 Å². The molecule has 1 saturated heterocycles. The molecule has 1 fully saturated rings. The van der Waals surface area contributed by atoms with Crippen molar-refractivity contribution in [2.45, 2.75) is 32.8 Å². The van der Waals surface area contributed by atoms with E-state index >= 15 is 0 Å². The molecule has 2 N–H and O–H groups in total. The van der Waals surface area contributed by atoms with E-state index in [1.54, 1.807) is 0 Å². The Kier molecular flexibility index (Phi) is 5.38. The third kappa shape index (κ3) is 4.07. The molecule has 1 amide bonds. The molecule has 1 heterocycles. The highest BCUT2D eigenvalue weighted by Crippen LogP contribution is 2.23. The molecule has 1 aromatic rings. The lowest BCUT2D eigenvalue weighted by Gasteiger charge is -2.14. The number of anilines is 1. The van der Waals surface area contributed by atoms with Crippen LogP contribution in [0.15, 0.2) is 18.2 Å². The van der Waals surface area contributed by atoms with Crippen LogP contribution in [0.4, 0.5) is 5.69 Å². The van der Waals surface area contributed by atoms with Crippen LogP contribution >= 0.6 is 0 Å². The molecule has 0 bridgehead atoms. The number of benzene rings is 1. The molecule has 0 radical (unpaired) electrons. The minimum atomic E-state index is -0.0747. The molecule has 21 heavy (non-hydrogen) atoms. The Morgan fingerprint density at radius 3 is 2.95 bits per heavy atom. The van der Waals surface area contributed by atoms with Gasteiger partial charge in [-0.05, 0) is 44.0 Å². The zero-order valence-corrected chi connectivity index (χ0v) is 12.5. The Morgan fingerprint density at radius 2 is 2.33 bits per heavy atom. The molecule has 2 unspecified atom stereocenters. The van der Waals surface area contributed by atoms with Gasteiger partial charge in [0.15, 0.2) is 0 Å². The summed E-state index contributed by atoms with van der Waals surface area (Å²) in [7, 11) is 0. The number of nitrogens with one attached hydrogen (secondary N) is 1. The molecule has 0 aliphatic carbocycles. The van der Waals surface area contributed by atoms with Crippen LogP contribution in [-0.2, 0) is 9.53 Å². The van der Waals surface area contributed by atoms with E-state index in [1.807, 2.05) is 32.0 Å². The van der Waals surface area contributed by atoms with Crippen LogP contribution in [-0.4, -0.2) is 30.3 Å². The van der Waals surface area contributed by atoms with Crippen molar-refractivity contribution in [3.63, 3.8) is 0 Å². The summed E-state index contributed by atoms with van der Waals surface area (Å²) < 4.78 is 5.42. The molecule has 0 spiro atoms. The van der Waals surface area contributed by atoms with Gasteiger partial charge >= 0.3 is 0 Å². The van der Waals surface area contributed by atoms with Crippen LogP contribution in [0.25, 0.3) is 0 Å². The van der Waals surface area contributed by atoms with Gasteiger partial charge in [-0.25, -0.2) is 0 Å². The number of aryl methyl sites for hydroxylation is 1. The topological polar surface area (TPSA) is 58.6 Å². The van der Waals surface area contributed by atoms with E-state index < -0.39 is 0 Å². The molecule has 1 aliphatic rings. The maximum atomic E-state index is 12.2. The number of hydrogen-bond acceptors (Lipinski definition) is 3. The minimum absolute atomic E-state index is 0.0125. The van der Waals surface area contributed by atoms with E-state index in [0.29, 0.717) is 13.0 Å². The number of aliphatic hydroxyl groups is 1. The number of carbonyl (C=O) groups is 1. The second-order valence-electron chi connectivity index (χ2n) is 5.27. The summed E-state index contributed by atoms with van der Waals surface area (Å²) in [5.41, 5.74) is 2.71. The van der Waals surface area contributed by atoms with Crippen molar-refractivity contribution in [1.29, 1.82) is 0 Å². The fourth-order valence-corrected chi connectivity index (χ4v) is 2.41. The van der Waals surface area contributed by atoms with Crippen molar-refractivity contribution in [3.05, 3.63) is 29.3 Å². The van der Waals surface area contributed by atoms with E-state index in [1.165, 1.54) is 0 Å². The van der Waals surface area contributed by atoms with Crippen molar-refractivity contribution >= 4 is 11.6 Å². The van der Waals surface area contributed by atoms with Crippen molar-refractivity contribution in [2.75, 3.05) is 18.5 Å². The number of amides is 1. The molecular formula is C17H21NO3. The van der Waals surface area contributed by atoms with Crippen molar-refractivity contribution in [2.24, 2.45) is 5.92 Å². The highest BCUT2D eigenvalue weighted by Gasteiger charge is 2.30. The smallest absolute Gasteiger partial charge is 0.230 e. The summed E-state index contributed by atoms with van der Waals surface area (Å²) in [6, 6.07) is 5.67. The zero-order valence-electron chi connectivity index (χ0n) is 12.5. The van der Waals surface area contributed by atoms with Gasteiger partial charge in [0.1, 0.15) is 0 Å². The van der Waals surface area contributed by atoms with Gasteiger partial charge < -0.3 is 15.2 Å². The van der Waals surface area contributed by atoms with Crippen LogP contribution < -0.4 is 5.32 Å². The number of carbonyl (C=O) groups excluding carboxylic acids is 1. The Labute approximate surface area is 125 Å². The summed E-state index contributed by atoms with van der Waals surface area (Å²) in [4.78, 5) is 12.2. The van der Waals surface area contributed by atoms with E-state index in [4.69, 9.17) is 9.84 Å². The van der Waals surface area contributed by atoms with Gasteiger partial charge in [-0.15, -0.1) is 0 Å². The average Bonchev–Trinajstić information content (AvgIpc) is 2.88. The van der Waals surface area contributed by atoms with Crippen molar-refractivity contribution < 1.29 is 14.6 Å². The molecule has 1 aliphatic heterocycles. The molecule has 0 saturated carbocycles. The van der Waals surface area contributed by atoms with E-state index in [2.05, 4.69) is 17.2 Å². The number of hydrogen-bond donors (Lipinski definition) is 2. The monoisotopic (exact) mass is 287 g/mol. The molecule has 2 rings (SSSR count). The van der Waals surface area contributed by atoms with Gasteiger partial charge in [0.05, 0.1) is 18.6 Å². The lowest BCUT2D eigenvalue weighted by atomic mass is 10.0. The number of rotatable bonds is 3. The van der Waals surface area contributed by atoms with E-state index in [-0.39, 0.29) is 24.5 Å². The Balaban J connectivity index is 2.03. The molecule has 1 aromatic carbocycles. The van der Waals surface area contributed by atoms with Gasteiger partial charge in [-0.2, -0.15) is 0 Å².